The lowest BCUT2D eigenvalue weighted by molar-refractivity contribution is 0.327. The van der Waals surface area contributed by atoms with Crippen LogP contribution in [0.5, 0.6) is 5.88 Å². The molecule has 0 aromatic carbocycles. The van der Waals surface area contributed by atoms with Crippen LogP contribution in [0.4, 0.5) is 5.82 Å². The first kappa shape index (κ1) is 11.8. The predicted molar refractivity (Wildman–Crippen MR) is 63.4 cm³/mol. The molecule has 3 nitrogen and oxygen atoms in total. The molecule has 3 heteroatoms. The van der Waals surface area contributed by atoms with Gasteiger partial charge in [0.15, 0.2) is 0 Å². The standard InChI is InChI=1S/C12H20N2O/c1-5-12(3,4)14-10-8-7-9-11(13-10)15-6-2/h7-9H,5-6H2,1-4H3,(H,13,14). The summed E-state index contributed by atoms with van der Waals surface area (Å²) in [6.45, 7) is 9.06. The highest BCUT2D eigenvalue weighted by Crippen LogP contribution is 2.18. The van der Waals surface area contributed by atoms with Gasteiger partial charge < -0.3 is 10.1 Å². The summed E-state index contributed by atoms with van der Waals surface area (Å²) >= 11 is 0. The predicted octanol–water partition coefficient (Wildman–Crippen LogP) is 3.08. The zero-order chi connectivity index (χ0) is 11.3. The molecule has 0 aliphatic rings. The van der Waals surface area contributed by atoms with Crippen molar-refractivity contribution in [2.45, 2.75) is 39.7 Å². The van der Waals surface area contributed by atoms with Crippen molar-refractivity contribution in [3.05, 3.63) is 18.2 Å². The number of pyridine rings is 1. The van der Waals surface area contributed by atoms with Crippen LogP contribution in [0.3, 0.4) is 0 Å². The van der Waals surface area contributed by atoms with Gasteiger partial charge in [0.1, 0.15) is 5.82 Å². The first-order valence-electron chi connectivity index (χ1n) is 5.45. The van der Waals surface area contributed by atoms with Crippen molar-refractivity contribution in [2.24, 2.45) is 0 Å². The van der Waals surface area contributed by atoms with E-state index in [4.69, 9.17) is 4.74 Å². The molecule has 0 spiro atoms. The Labute approximate surface area is 91.9 Å². The summed E-state index contributed by atoms with van der Waals surface area (Å²) in [7, 11) is 0. The third kappa shape index (κ3) is 3.78. The van der Waals surface area contributed by atoms with Crippen molar-refractivity contribution in [1.82, 2.24) is 4.98 Å². The molecule has 0 radical (unpaired) electrons. The van der Waals surface area contributed by atoms with E-state index in [1.807, 2.05) is 25.1 Å². The molecular formula is C12H20N2O. The van der Waals surface area contributed by atoms with Gasteiger partial charge in [0.25, 0.3) is 0 Å². The largest absolute Gasteiger partial charge is 0.478 e. The Kier molecular flexibility index (Phi) is 3.95. The van der Waals surface area contributed by atoms with Crippen LogP contribution in [0.25, 0.3) is 0 Å². The second-order valence-electron chi connectivity index (χ2n) is 4.16. The second kappa shape index (κ2) is 5.01. The normalized spacial score (nSPS) is 11.2. The van der Waals surface area contributed by atoms with E-state index >= 15 is 0 Å². The lowest BCUT2D eigenvalue weighted by atomic mass is 10.0. The topological polar surface area (TPSA) is 34.1 Å². The van der Waals surface area contributed by atoms with Gasteiger partial charge in [0.2, 0.25) is 5.88 Å². The number of aromatic nitrogens is 1. The Bertz CT molecular complexity index is 310. The lowest BCUT2D eigenvalue weighted by Gasteiger charge is -2.25. The second-order valence-corrected chi connectivity index (χ2v) is 4.16. The summed E-state index contributed by atoms with van der Waals surface area (Å²) in [5.74, 6) is 1.54. The highest BCUT2D eigenvalue weighted by molar-refractivity contribution is 5.39. The summed E-state index contributed by atoms with van der Waals surface area (Å²) in [4.78, 5) is 4.36. The zero-order valence-corrected chi connectivity index (χ0v) is 10.0. The molecule has 0 saturated carbocycles. The van der Waals surface area contributed by atoms with E-state index in [1.165, 1.54) is 0 Å². The lowest BCUT2D eigenvalue weighted by Crippen LogP contribution is -2.30. The summed E-state index contributed by atoms with van der Waals surface area (Å²) in [5, 5.41) is 3.38. The molecule has 1 aromatic rings. The van der Waals surface area contributed by atoms with E-state index in [2.05, 4.69) is 31.1 Å². The van der Waals surface area contributed by atoms with Crippen molar-refractivity contribution >= 4 is 5.82 Å². The molecule has 1 aromatic heterocycles. The molecule has 1 N–H and O–H groups in total. The quantitative estimate of drug-likeness (QED) is 0.807. The first-order chi connectivity index (χ1) is 7.07. The van der Waals surface area contributed by atoms with Gasteiger partial charge in [-0.2, -0.15) is 4.98 Å². The van der Waals surface area contributed by atoms with Crippen LogP contribution in [0.2, 0.25) is 0 Å². The highest BCUT2D eigenvalue weighted by Gasteiger charge is 2.14. The van der Waals surface area contributed by atoms with Crippen LogP contribution in [-0.2, 0) is 0 Å². The number of rotatable bonds is 5. The first-order valence-corrected chi connectivity index (χ1v) is 5.45. The van der Waals surface area contributed by atoms with Crippen LogP contribution in [0.1, 0.15) is 34.1 Å². The van der Waals surface area contributed by atoms with Crippen LogP contribution < -0.4 is 10.1 Å². The molecule has 1 heterocycles. The van der Waals surface area contributed by atoms with Gasteiger partial charge in [-0.05, 0) is 33.3 Å². The smallest absolute Gasteiger partial charge is 0.215 e. The van der Waals surface area contributed by atoms with Crippen LogP contribution >= 0.6 is 0 Å². The molecule has 15 heavy (non-hydrogen) atoms. The van der Waals surface area contributed by atoms with E-state index in [1.54, 1.807) is 0 Å². The van der Waals surface area contributed by atoms with Crippen LogP contribution in [-0.4, -0.2) is 17.1 Å². The minimum atomic E-state index is 0.0673. The van der Waals surface area contributed by atoms with E-state index < -0.39 is 0 Å². The van der Waals surface area contributed by atoms with Gasteiger partial charge in [0.05, 0.1) is 6.61 Å². The molecule has 0 saturated heterocycles. The van der Waals surface area contributed by atoms with Crippen molar-refractivity contribution in [2.75, 3.05) is 11.9 Å². The third-order valence-electron chi connectivity index (χ3n) is 2.37. The molecule has 84 valence electrons. The Balaban J connectivity index is 2.73. The number of ether oxygens (including phenoxy) is 1. The Morgan fingerprint density at radius 1 is 1.33 bits per heavy atom. The zero-order valence-electron chi connectivity index (χ0n) is 10.0. The number of anilines is 1. The summed E-state index contributed by atoms with van der Waals surface area (Å²) in [6, 6.07) is 5.78. The fourth-order valence-electron chi connectivity index (χ4n) is 1.15. The van der Waals surface area contributed by atoms with E-state index in [-0.39, 0.29) is 5.54 Å². The van der Waals surface area contributed by atoms with Gasteiger partial charge in [-0.15, -0.1) is 0 Å². The van der Waals surface area contributed by atoms with Gasteiger partial charge in [-0.25, -0.2) is 0 Å². The number of nitrogens with one attached hydrogen (secondary N) is 1. The van der Waals surface area contributed by atoms with Crippen molar-refractivity contribution in [3.63, 3.8) is 0 Å². The molecule has 1 rings (SSSR count). The highest BCUT2D eigenvalue weighted by atomic mass is 16.5. The van der Waals surface area contributed by atoms with Crippen LogP contribution in [0, 0.1) is 0 Å². The van der Waals surface area contributed by atoms with E-state index in [0.717, 1.165) is 12.2 Å². The summed E-state index contributed by atoms with van der Waals surface area (Å²) in [6.07, 6.45) is 1.05. The number of nitrogens with zero attached hydrogens (tertiary/aromatic N) is 1. The molecule has 0 atom stereocenters. The Hall–Kier alpha value is -1.25. The molecule has 0 aliphatic carbocycles. The van der Waals surface area contributed by atoms with Gasteiger partial charge >= 0.3 is 0 Å². The summed E-state index contributed by atoms with van der Waals surface area (Å²) in [5.41, 5.74) is 0.0673. The molecular weight excluding hydrogens is 188 g/mol. The minimum absolute atomic E-state index is 0.0673. The third-order valence-corrected chi connectivity index (χ3v) is 2.37. The maximum Gasteiger partial charge on any atom is 0.215 e. The molecule has 0 bridgehead atoms. The minimum Gasteiger partial charge on any atom is -0.478 e. The molecule has 0 amide bonds. The van der Waals surface area contributed by atoms with E-state index in [0.29, 0.717) is 12.5 Å². The SMILES string of the molecule is CCOc1cccc(NC(C)(C)CC)n1. The van der Waals surface area contributed by atoms with Gasteiger partial charge in [0, 0.05) is 11.6 Å². The fourth-order valence-corrected chi connectivity index (χ4v) is 1.15. The molecule has 0 fully saturated rings. The number of hydrogen-bond donors (Lipinski definition) is 1. The van der Waals surface area contributed by atoms with Crippen molar-refractivity contribution in [3.8, 4) is 5.88 Å². The average Bonchev–Trinajstić information content (AvgIpc) is 2.18. The molecule has 0 aliphatic heterocycles. The monoisotopic (exact) mass is 208 g/mol. The number of hydrogen-bond acceptors (Lipinski definition) is 3. The van der Waals surface area contributed by atoms with Crippen LogP contribution in [0.15, 0.2) is 18.2 Å². The van der Waals surface area contributed by atoms with Crippen molar-refractivity contribution < 1.29 is 4.74 Å². The Morgan fingerprint density at radius 3 is 2.67 bits per heavy atom. The maximum absolute atomic E-state index is 5.34. The van der Waals surface area contributed by atoms with Gasteiger partial charge in [-0.3, -0.25) is 0 Å². The maximum atomic E-state index is 5.34. The average molecular weight is 208 g/mol. The Morgan fingerprint density at radius 2 is 2.07 bits per heavy atom. The molecule has 0 unspecified atom stereocenters. The van der Waals surface area contributed by atoms with E-state index in [9.17, 15) is 0 Å². The fraction of sp³-hybridized carbons (Fsp3) is 0.583. The summed E-state index contributed by atoms with van der Waals surface area (Å²) < 4.78 is 5.34. The van der Waals surface area contributed by atoms with Gasteiger partial charge in [-0.1, -0.05) is 13.0 Å². The van der Waals surface area contributed by atoms with Crippen molar-refractivity contribution in [1.29, 1.82) is 0 Å².